The quantitative estimate of drug-likeness (QED) is 0.739. The molecule has 0 aliphatic carbocycles. The van der Waals surface area contributed by atoms with Gasteiger partial charge in [0.25, 0.3) is 0 Å². The average Bonchev–Trinajstić information content (AvgIpc) is 2.14. The minimum atomic E-state index is 0.0675. The summed E-state index contributed by atoms with van der Waals surface area (Å²) >= 11 is 5.59. The Balaban J connectivity index is 2.76. The van der Waals surface area contributed by atoms with E-state index in [1.165, 1.54) is 7.11 Å². The third-order valence-electron chi connectivity index (χ3n) is 1.18. The fourth-order valence-corrected chi connectivity index (χ4v) is 0.808. The molecule has 0 unspecified atom stereocenters. The van der Waals surface area contributed by atoms with Gasteiger partial charge in [-0.15, -0.1) is 4.98 Å². The standard InChI is InChI=1S/C7H10ClN3O2/c1-3-4-13-7-10-5(8)9-6(11-7)12-2/h3-4H2,1-2H3. The van der Waals surface area contributed by atoms with Gasteiger partial charge in [0, 0.05) is 0 Å². The summed E-state index contributed by atoms with van der Waals surface area (Å²) in [6, 6.07) is 0.352. The van der Waals surface area contributed by atoms with Crippen LogP contribution in [0.2, 0.25) is 5.28 Å². The number of hydrogen-bond acceptors (Lipinski definition) is 5. The molecule has 0 atom stereocenters. The summed E-state index contributed by atoms with van der Waals surface area (Å²) in [5.74, 6) is 0. The lowest BCUT2D eigenvalue weighted by molar-refractivity contribution is 0.280. The molecule has 0 bridgehead atoms. The molecule has 0 aromatic carbocycles. The lowest BCUT2D eigenvalue weighted by Crippen LogP contribution is -2.02. The Morgan fingerprint density at radius 3 is 2.54 bits per heavy atom. The Bertz CT molecular complexity index is 282. The molecule has 5 nitrogen and oxygen atoms in total. The minimum Gasteiger partial charge on any atom is -0.467 e. The summed E-state index contributed by atoms with van der Waals surface area (Å²) in [6.45, 7) is 2.53. The number of halogens is 1. The summed E-state index contributed by atoms with van der Waals surface area (Å²) in [5, 5.41) is 0.0675. The van der Waals surface area contributed by atoms with E-state index in [0.717, 1.165) is 6.42 Å². The van der Waals surface area contributed by atoms with E-state index in [9.17, 15) is 0 Å². The molecule has 0 N–H and O–H groups in total. The fourth-order valence-electron chi connectivity index (χ4n) is 0.664. The smallest absolute Gasteiger partial charge is 0.323 e. The molecule has 1 aromatic heterocycles. The number of aromatic nitrogens is 3. The number of rotatable bonds is 4. The van der Waals surface area contributed by atoms with E-state index in [4.69, 9.17) is 21.1 Å². The Labute approximate surface area is 81.1 Å². The van der Waals surface area contributed by atoms with Gasteiger partial charge in [0.1, 0.15) is 0 Å². The number of hydrogen-bond donors (Lipinski definition) is 0. The molecule has 1 aromatic rings. The third kappa shape index (κ3) is 3.02. The molecule has 0 spiro atoms. The zero-order valence-electron chi connectivity index (χ0n) is 7.45. The van der Waals surface area contributed by atoms with Crippen LogP contribution in [-0.4, -0.2) is 28.7 Å². The molecule has 0 amide bonds. The average molecular weight is 204 g/mol. The van der Waals surface area contributed by atoms with Gasteiger partial charge in [-0.05, 0) is 18.0 Å². The van der Waals surface area contributed by atoms with Crippen molar-refractivity contribution >= 4 is 11.6 Å². The van der Waals surface area contributed by atoms with E-state index < -0.39 is 0 Å². The van der Waals surface area contributed by atoms with Gasteiger partial charge in [-0.1, -0.05) is 6.92 Å². The predicted molar refractivity (Wildman–Crippen MR) is 47.2 cm³/mol. The molecule has 0 aliphatic rings. The lowest BCUT2D eigenvalue weighted by Gasteiger charge is -2.03. The maximum atomic E-state index is 5.59. The van der Waals surface area contributed by atoms with E-state index >= 15 is 0 Å². The molecule has 0 saturated carbocycles. The second-order valence-electron chi connectivity index (χ2n) is 2.22. The molecule has 1 rings (SSSR count). The van der Waals surface area contributed by atoms with Crippen LogP contribution in [0.3, 0.4) is 0 Å². The molecule has 6 heteroatoms. The van der Waals surface area contributed by atoms with Gasteiger partial charge >= 0.3 is 12.0 Å². The highest BCUT2D eigenvalue weighted by atomic mass is 35.5. The monoisotopic (exact) mass is 203 g/mol. The molecule has 0 aliphatic heterocycles. The van der Waals surface area contributed by atoms with E-state index in [1.807, 2.05) is 6.92 Å². The van der Waals surface area contributed by atoms with Crippen LogP contribution in [0.15, 0.2) is 0 Å². The van der Waals surface area contributed by atoms with Crippen molar-refractivity contribution in [2.75, 3.05) is 13.7 Å². The largest absolute Gasteiger partial charge is 0.467 e. The zero-order valence-corrected chi connectivity index (χ0v) is 8.21. The summed E-state index contributed by atoms with van der Waals surface area (Å²) in [5.41, 5.74) is 0. The van der Waals surface area contributed by atoms with Crippen LogP contribution in [0.5, 0.6) is 12.0 Å². The van der Waals surface area contributed by atoms with E-state index in [1.54, 1.807) is 0 Å². The Morgan fingerprint density at radius 1 is 1.23 bits per heavy atom. The Morgan fingerprint density at radius 2 is 1.92 bits per heavy atom. The topological polar surface area (TPSA) is 57.1 Å². The van der Waals surface area contributed by atoms with Crippen molar-refractivity contribution < 1.29 is 9.47 Å². The highest BCUT2D eigenvalue weighted by Crippen LogP contribution is 2.12. The first-order valence-corrected chi connectivity index (χ1v) is 4.22. The van der Waals surface area contributed by atoms with Crippen LogP contribution in [0.4, 0.5) is 0 Å². The normalized spacial score (nSPS) is 9.77. The van der Waals surface area contributed by atoms with Crippen molar-refractivity contribution in [2.24, 2.45) is 0 Å². The van der Waals surface area contributed by atoms with E-state index in [-0.39, 0.29) is 17.3 Å². The van der Waals surface area contributed by atoms with Gasteiger partial charge in [-0.3, -0.25) is 0 Å². The fraction of sp³-hybridized carbons (Fsp3) is 0.571. The summed E-state index contributed by atoms with van der Waals surface area (Å²) in [7, 11) is 1.45. The van der Waals surface area contributed by atoms with E-state index in [2.05, 4.69) is 15.0 Å². The van der Waals surface area contributed by atoms with Crippen LogP contribution in [-0.2, 0) is 0 Å². The number of nitrogens with zero attached hydrogens (tertiary/aromatic N) is 3. The van der Waals surface area contributed by atoms with Gasteiger partial charge in [-0.25, -0.2) is 0 Å². The van der Waals surface area contributed by atoms with Crippen molar-refractivity contribution in [2.45, 2.75) is 13.3 Å². The van der Waals surface area contributed by atoms with Crippen molar-refractivity contribution in [3.8, 4) is 12.0 Å². The molecule has 1 heterocycles. The van der Waals surface area contributed by atoms with Crippen LogP contribution in [0.1, 0.15) is 13.3 Å². The maximum absolute atomic E-state index is 5.59. The highest BCUT2D eigenvalue weighted by Gasteiger charge is 2.04. The van der Waals surface area contributed by atoms with Crippen LogP contribution in [0.25, 0.3) is 0 Å². The van der Waals surface area contributed by atoms with Crippen molar-refractivity contribution in [3.05, 3.63) is 5.28 Å². The molecule has 0 saturated heterocycles. The number of methoxy groups -OCH3 is 1. The van der Waals surface area contributed by atoms with Gasteiger partial charge < -0.3 is 9.47 Å². The van der Waals surface area contributed by atoms with Gasteiger partial charge in [0.2, 0.25) is 5.28 Å². The zero-order chi connectivity index (χ0) is 9.68. The predicted octanol–water partition coefficient (Wildman–Crippen LogP) is 1.32. The Kier molecular flexibility index (Phi) is 3.70. The minimum absolute atomic E-state index is 0.0675. The van der Waals surface area contributed by atoms with Crippen LogP contribution in [0, 0.1) is 0 Å². The number of ether oxygens (including phenoxy) is 2. The first-order valence-electron chi connectivity index (χ1n) is 3.84. The van der Waals surface area contributed by atoms with Gasteiger partial charge in [-0.2, -0.15) is 9.97 Å². The molecule has 0 fully saturated rings. The lowest BCUT2D eigenvalue weighted by atomic mass is 10.5. The molecular formula is C7H10ClN3O2. The van der Waals surface area contributed by atoms with E-state index in [0.29, 0.717) is 6.61 Å². The first-order chi connectivity index (χ1) is 6.26. The van der Waals surface area contributed by atoms with Crippen LogP contribution >= 0.6 is 11.6 Å². The van der Waals surface area contributed by atoms with Crippen molar-refractivity contribution in [1.82, 2.24) is 15.0 Å². The molecular weight excluding hydrogens is 194 g/mol. The van der Waals surface area contributed by atoms with Crippen LogP contribution < -0.4 is 9.47 Å². The summed E-state index contributed by atoms with van der Waals surface area (Å²) < 4.78 is 9.94. The molecule has 72 valence electrons. The molecule has 0 radical (unpaired) electrons. The third-order valence-corrected chi connectivity index (χ3v) is 1.35. The van der Waals surface area contributed by atoms with Gasteiger partial charge in [0.15, 0.2) is 0 Å². The second kappa shape index (κ2) is 4.81. The molecule has 13 heavy (non-hydrogen) atoms. The SMILES string of the molecule is CCCOc1nc(Cl)nc(OC)n1. The van der Waals surface area contributed by atoms with Gasteiger partial charge in [0.05, 0.1) is 13.7 Å². The first kappa shape index (κ1) is 9.98. The highest BCUT2D eigenvalue weighted by molar-refractivity contribution is 6.28. The van der Waals surface area contributed by atoms with Crippen molar-refractivity contribution in [1.29, 1.82) is 0 Å². The van der Waals surface area contributed by atoms with Crippen molar-refractivity contribution in [3.63, 3.8) is 0 Å². The summed E-state index contributed by atoms with van der Waals surface area (Å²) in [6.07, 6.45) is 0.881. The Hall–Kier alpha value is -1.10. The summed E-state index contributed by atoms with van der Waals surface area (Å²) in [4.78, 5) is 11.3. The second-order valence-corrected chi connectivity index (χ2v) is 2.56. The maximum Gasteiger partial charge on any atom is 0.323 e.